The summed E-state index contributed by atoms with van der Waals surface area (Å²) in [4.78, 5) is 41.3. The van der Waals surface area contributed by atoms with Crippen molar-refractivity contribution in [2.45, 2.75) is 19.6 Å². The van der Waals surface area contributed by atoms with Gasteiger partial charge in [0.15, 0.2) is 0 Å². The third-order valence-electron chi connectivity index (χ3n) is 5.75. The van der Waals surface area contributed by atoms with Gasteiger partial charge in [-0.1, -0.05) is 30.3 Å². The normalized spacial score (nSPS) is 12.8. The Morgan fingerprint density at radius 3 is 2.50 bits per heavy atom. The van der Waals surface area contributed by atoms with Crippen molar-refractivity contribution < 1.29 is 18.8 Å². The predicted octanol–water partition coefficient (Wildman–Crippen LogP) is 3.59. The summed E-state index contributed by atoms with van der Waals surface area (Å²) in [6.07, 6.45) is 5.14. The van der Waals surface area contributed by atoms with E-state index in [2.05, 4.69) is 5.10 Å². The first-order valence-electron chi connectivity index (χ1n) is 10.8. The van der Waals surface area contributed by atoms with E-state index in [0.29, 0.717) is 24.4 Å². The summed E-state index contributed by atoms with van der Waals surface area (Å²) >= 11 is 0. The van der Waals surface area contributed by atoms with E-state index in [9.17, 15) is 14.4 Å². The highest BCUT2D eigenvalue weighted by molar-refractivity contribution is 6.22. The molecular weight excluding hydrogens is 432 g/mol. The minimum atomic E-state index is -0.434. The second-order valence-corrected chi connectivity index (χ2v) is 8.23. The first kappa shape index (κ1) is 21.4. The molecule has 0 radical (unpaired) electrons. The van der Waals surface area contributed by atoms with Gasteiger partial charge in [-0.25, -0.2) is 0 Å². The molecule has 2 aromatic heterocycles. The number of fused-ring (bicyclic) bond motifs is 1. The quantitative estimate of drug-likeness (QED) is 0.398. The molecule has 0 saturated heterocycles. The minimum Gasteiger partial charge on any atom is -0.467 e. The zero-order valence-electron chi connectivity index (χ0n) is 18.5. The number of imide groups is 1. The van der Waals surface area contributed by atoms with Crippen LogP contribution in [0.3, 0.4) is 0 Å². The number of rotatable bonds is 7. The van der Waals surface area contributed by atoms with Crippen LogP contribution in [0, 0.1) is 0 Å². The van der Waals surface area contributed by atoms with E-state index in [0.717, 1.165) is 16.0 Å². The average molecular weight is 454 g/mol. The second-order valence-electron chi connectivity index (χ2n) is 8.23. The summed E-state index contributed by atoms with van der Waals surface area (Å²) in [6, 6.07) is 18.0. The number of amides is 3. The Kier molecular flexibility index (Phi) is 5.55. The Hall–Kier alpha value is -4.46. The highest BCUT2D eigenvalue weighted by atomic mass is 16.3. The van der Waals surface area contributed by atoms with Gasteiger partial charge in [-0.15, -0.1) is 0 Å². The average Bonchev–Trinajstić information content (AvgIpc) is 3.58. The SMILES string of the molecule is CN(Cc1cnn(Cc2ccccc2)c1)C(=O)c1ccc2c(c1)C(=O)N(Cc1ccco1)C2=O. The van der Waals surface area contributed by atoms with Crippen molar-refractivity contribution in [3.05, 3.63) is 113 Å². The van der Waals surface area contributed by atoms with Crippen LogP contribution in [-0.4, -0.2) is 44.3 Å². The van der Waals surface area contributed by atoms with Crippen LogP contribution < -0.4 is 0 Å². The van der Waals surface area contributed by atoms with Crippen LogP contribution >= 0.6 is 0 Å². The van der Waals surface area contributed by atoms with Crippen LogP contribution in [0.4, 0.5) is 0 Å². The molecular formula is C26H22N4O4. The third kappa shape index (κ3) is 4.13. The molecule has 1 aliphatic heterocycles. The van der Waals surface area contributed by atoms with E-state index in [1.165, 1.54) is 18.4 Å². The summed E-state index contributed by atoms with van der Waals surface area (Å²) in [5.41, 5.74) is 2.90. The Balaban J connectivity index is 1.27. The molecule has 170 valence electrons. The van der Waals surface area contributed by atoms with Gasteiger partial charge < -0.3 is 9.32 Å². The van der Waals surface area contributed by atoms with Crippen molar-refractivity contribution in [3.63, 3.8) is 0 Å². The summed E-state index contributed by atoms with van der Waals surface area (Å²) in [6.45, 7) is 1.06. The Bertz CT molecular complexity index is 1360. The molecule has 3 heterocycles. The van der Waals surface area contributed by atoms with Crippen molar-refractivity contribution in [1.29, 1.82) is 0 Å². The van der Waals surface area contributed by atoms with E-state index in [-0.39, 0.29) is 23.6 Å². The Morgan fingerprint density at radius 1 is 0.941 bits per heavy atom. The molecule has 0 bridgehead atoms. The van der Waals surface area contributed by atoms with Gasteiger partial charge in [-0.05, 0) is 35.9 Å². The number of carbonyl (C=O) groups excluding carboxylic acids is 3. The lowest BCUT2D eigenvalue weighted by molar-refractivity contribution is 0.0631. The Morgan fingerprint density at radius 2 is 1.74 bits per heavy atom. The van der Waals surface area contributed by atoms with Crippen LogP contribution in [0.25, 0.3) is 0 Å². The van der Waals surface area contributed by atoms with Crippen molar-refractivity contribution in [1.82, 2.24) is 19.6 Å². The fraction of sp³-hybridized carbons (Fsp3) is 0.154. The van der Waals surface area contributed by atoms with Gasteiger partial charge in [-0.2, -0.15) is 5.10 Å². The minimum absolute atomic E-state index is 0.0511. The van der Waals surface area contributed by atoms with Crippen LogP contribution in [-0.2, 0) is 19.6 Å². The number of hydrogen-bond acceptors (Lipinski definition) is 5. The van der Waals surface area contributed by atoms with Gasteiger partial charge in [0.25, 0.3) is 17.7 Å². The number of hydrogen-bond donors (Lipinski definition) is 0. The van der Waals surface area contributed by atoms with E-state index in [4.69, 9.17) is 4.42 Å². The van der Waals surface area contributed by atoms with Crippen LogP contribution in [0.5, 0.6) is 0 Å². The van der Waals surface area contributed by atoms with Gasteiger partial charge in [0.1, 0.15) is 5.76 Å². The van der Waals surface area contributed by atoms with E-state index >= 15 is 0 Å². The lowest BCUT2D eigenvalue weighted by Crippen LogP contribution is -2.29. The molecule has 0 unspecified atom stereocenters. The summed E-state index contributed by atoms with van der Waals surface area (Å²) in [5, 5.41) is 4.38. The first-order valence-corrected chi connectivity index (χ1v) is 10.8. The topological polar surface area (TPSA) is 88.7 Å². The van der Waals surface area contributed by atoms with Crippen molar-refractivity contribution in [2.24, 2.45) is 0 Å². The molecule has 3 amide bonds. The second kappa shape index (κ2) is 8.82. The fourth-order valence-corrected chi connectivity index (χ4v) is 4.04. The van der Waals surface area contributed by atoms with Gasteiger partial charge >= 0.3 is 0 Å². The highest BCUT2D eigenvalue weighted by Gasteiger charge is 2.36. The predicted molar refractivity (Wildman–Crippen MR) is 123 cm³/mol. The maximum atomic E-state index is 13.0. The largest absolute Gasteiger partial charge is 0.467 e. The number of carbonyl (C=O) groups is 3. The molecule has 0 N–H and O–H groups in total. The van der Waals surface area contributed by atoms with E-state index < -0.39 is 11.8 Å². The molecule has 8 heteroatoms. The molecule has 4 aromatic rings. The number of aromatic nitrogens is 2. The van der Waals surface area contributed by atoms with E-state index in [1.807, 2.05) is 41.2 Å². The molecule has 8 nitrogen and oxygen atoms in total. The molecule has 0 fully saturated rings. The maximum Gasteiger partial charge on any atom is 0.261 e. The number of benzene rings is 2. The smallest absolute Gasteiger partial charge is 0.261 e. The molecule has 0 saturated carbocycles. The van der Waals surface area contributed by atoms with Gasteiger partial charge in [0.2, 0.25) is 0 Å². The third-order valence-corrected chi connectivity index (χ3v) is 5.75. The number of nitrogens with zero attached hydrogens (tertiary/aromatic N) is 4. The maximum absolute atomic E-state index is 13.0. The molecule has 5 rings (SSSR count). The molecule has 2 aromatic carbocycles. The summed E-state index contributed by atoms with van der Waals surface area (Å²) in [5.74, 6) is -0.563. The molecule has 34 heavy (non-hydrogen) atoms. The first-order chi connectivity index (χ1) is 16.5. The highest BCUT2D eigenvalue weighted by Crippen LogP contribution is 2.26. The zero-order chi connectivity index (χ0) is 23.7. The molecule has 0 aliphatic carbocycles. The summed E-state index contributed by atoms with van der Waals surface area (Å²) < 4.78 is 7.09. The van der Waals surface area contributed by atoms with Crippen LogP contribution in [0.15, 0.2) is 83.7 Å². The van der Waals surface area contributed by atoms with Crippen molar-refractivity contribution in [2.75, 3.05) is 7.05 Å². The lowest BCUT2D eigenvalue weighted by atomic mass is 10.0. The van der Waals surface area contributed by atoms with Gasteiger partial charge in [0.05, 0.1) is 36.7 Å². The number of furan rings is 1. The Labute approximate surface area is 196 Å². The molecule has 1 aliphatic rings. The molecule has 0 atom stereocenters. The zero-order valence-corrected chi connectivity index (χ0v) is 18.5. The van der Waals surface area contributed by atoms with Crippen LogP contribution in [0.1, 0.15) is 48.0 Å². The summed E-state index contributed by atoms with van der Waals surface area (Å²) in [7, 11) is 1.69. The fourth-order valence-electron chi connectivity index (χ4n) is 4.04. The van der Waals surface area contributed by atoms with Crippen molar-refractivity contribution in [3.8, 4) is 0 Å². The van der Waals surface area contributed by atoms with Crippen LogP contribution in [0.2, 0.25) is 0 Å². The van der Waals surface area contributed by atoms with Gasteiger partial charge in [0, 0.05) is 30.9 Å². The van der Waals surface area contributed by atoms with Crippen molar-refractivity contribution >= 4 is 17.7 Å². The standard InChI is InChI=1S/C26H22N4O4/c1-28(14-19-13-27-29(16-19)15-18-6-3-2-4-7-18)24(31)20-9-10-22-23(12-20)26(33)30(25(22)32)17-21-8-5-11-34-21/h2-13,16H,14-15,17H2,1H3. The molecule has 0 spiro atoms. The lowest BCUT2D eigenvalue weighted by Gasteiger charge is -2.16. The van der Waals surface area contributed by atoms with Gasteiger partial charge in [-0.3, -0.25) is 24.0 Å². The van der Waals surface area contributed by atoms with E-state index in [1.54, 1.807) is 36.3 Å². The monoisotopic (exact) mass is 454 g/mol.